The molecule has 0 aromatic heterocycles. The molecule has 0 saturated carbocycles. The third kappa shape index (κ3) is 1.93. The summed E-state index contributed by atoms with van der Waals surface area (Å²) in [6, 6.07) is 7.20. The minimum Gasteiger partial charge on any atom is -0.475 e. The van der Waals surface area contributed by atoms with E-state index in [9.17, 15) is 9.59 Å². The van der Waals surface area contributed by atoms with Gasteiger partial charge in [-0.3, -0.25) is 9.59 Å². The van der Waals surface area contributed by atoms with Gasteiger partial charge >= 0.3 is 0 Å². The first-order valence-corrected chi connectivity index (χ1v) is 6.03. The molecule has 1 aromatic rings. The van der Waals surface area contributed by atoms with Crippen LogP contribution < -0.4 is 4.90 Å². The Balaban J connectivity index is 2.06. The normalized spacial score (nSPS) is 21.8. The van der Waals surface area contributed by atoms with E-state index in [0.29, 0.717) is 23.8 Å². The van der Waals surface area contributed by atoms with Crippen molar-refractivity contribution in [3.05, 3.63) is 42.0 Å². The van der Waals surface area contributed by atoms with Crippen molar-refractivity contribution in [3.8, 4) is 0 Å². The number of carbonyl (C=O) groups excluding carboxylic acids is 2. The van der Waals surface area contributed by atoms with Gasteiger partial charge in [-0.1, -0.05) is 12.1 Å². The monoisotopic (exact) mass is 256 g/mol. The van der Waals surface area contributed by atoms with Gasteiger partial charge in [0, 0.05) is 12.2 Å². The van der Waals surface area contributed by atoms with Gasteiger partial charge in [0.15, 0.2) is 0 Å². The number of aliphatic imine (C=N–C) groups is 1. The number of ether oxygens (including phenoxy) is 1. The molecule has 5 heteroatoms. The highest BCUT2D eigenvalue weighted by Crippen LogP contribution is 2.26. The van der Waals surface area contributed by atoms with Gasteiger partial charge in [0.05, 0.1) is 17.3 Å². The summed E-state index contributed by atoms with van der Waals surface area (Å²) in [5.74, 6) is -0.205. The fourth-order valence-electron chi connectivity index (χ4n) is 2.11. The Morgan fingerprint density at radius 2 is 1.89 bits per heavy atom. The van der Waals surface area contributed by atoms with Crippen LogP contribution in [0.3, 0.4) is 0 Å². The van der Waals surface area contributed by atoms with E-state index in [1.165, 1.54) is 12.2 Å². The molecule has 2 amide bonds. The van der Waals surface area contributed by atoms with Gasteiger partial charge in [0.25, 0.3) is 11.8 Å². The Kier molecular flexibility index (Phi) is 2.67. The van der Waals surface area contributed by atoms with Crippen LogP contribution in [0.4, 0.5) is 5.69 Å². The van der Waals surface area contributed by atoms with Crippen molar-refractivity contribution >= 4 is 23.4 Å². The molecule has 0 unspecified atom stereocenters. The molecule has 1 aromatic carbocycles. The Morgan fingerprint density at radius 3 is 2.53 bits per heavy atom. The van der Waals surface area contributed by atoms with Crippen molar-refractivity contribution in [2.45, 2.75) is 13.0 Å². The van der Waals surface area contributed by atoms with Crippen LogP contribution in [0.1, 0.15) is 12.5 Å². The summed E-state index contributed by atoms with van der Waals surface area (Å²) in [5.41, 5.74) is 1.17. The lowest BCUT2D eigenvalue weighted by Gasteiger charge is -2.17. The molecule has 3 rings (SSSR count). The number of benzene rings is 1. The summed E-state index contributed by atoms with van der Waals surface area (Å²) >= 11 is 0. The van der Waals surface area contributed by atoms with E-state index in [-0.39, 0.29) is 17.9 Å². The van der Waals surface area contributed by atoms with Crippen molar-refractivity contribution in [2.24, 2.45) is 4.99 Å². The lowest BCUT2D eigenvalue weighted by atomic mass is 10.1. The first-order chi connectivity index (χ1) is 9.16. The predicted molar refractivity (Wildman–Crippen MR) is 70.0 cm³/mol. The molecule has 19 heavy (non-hydrogen) atoms. The quantitative estimate of drug-likeness (QED) is 0.749. The van der Waals surface area contributed by atoms with E-state index in [1.54, 1.807) is 18.2 Å². The van der Waals surface area contributed by atoms with Gasteiger partial charge in [0.2, 0.25) is 5.90 Å². The average Bonchev–Trinajstić information content (AvgIpc) is 2.96. The Morgan fingerprint density at radius 1 is 1.21 bits per heavy atom. The maximum atomic E-state index is 11.8. The zero-order valence-electron chi connectivity index (χ0n) is 10.4. The lowest BCUT2D eigenvalue weighted by molar-refractivity contribution is -0.119. The number of carbonyl (C=O) groups is 2. The summed E-state index contributed by atoms with van der Waals surface area (Å²) in [4.78, 5) is 29.0. The molecule has 2 aliphatic rings. The molecule has 2 heterocycles. The van der Waals surface area contributed by atoms with Crippen LogP contribution in [0.2, 0.25) is 0 Å². The van der Waals surface area contributed by atoms with Crippen molar-refractivity contribution < 1.29 is 14.3 Å². The highest BCUT2D eigenvalue weighted by Gasteiger charge is 2.29. The van der Waals surface area contributed by atoms with Crippen LogP contribution in [-0.2, 0) is 14.3 Å². The SMILES string of the molecule is C[C@H]1COC(c2ccccc2N2C(=O)C=CC2=O)=N1. The second-order valence-electron chi connectivity index (χ2n) is 4.46. The molecule has 0 aliphatic carbocycles. The molecular formula is C14H12N2O3. The van der Waals surface area contributed by atoms with E-state index >= 15 is 0 Å². The van der Waals surface area contributed by atoms with Crippen LogP contribution in [0.15, 0.2) is 41.4 Å². The number of hydrogen-bond acceptors (Lipinski definition) is 4. The number of para-hydroxylation sites is 1. The molecule has 0 bridgehead atoms. The van der Waals surface area contributed by atoms with Gasteiger partial charge in [-0.2, -0.15) is 0 Å². The number of anilines is 1. The fourth-order valence-corrected chi connectivity index (χ4v) is 2.11. The van der Waals surface area contributed by atoms with E-state index in [2.05, 4.69) is 4.99 Å². The van der Waals surface area contributed by atoms with Gasteiger partial charge < -0.3 is 4.74 Å². The van der Waals surface area contributed by atoms with Crippen molar-refractivity contribution in [1.29, 1.82) is 0 Å². The van der Waals surface area contributed by atoms with Crippen molar-refractivity contribution in [2.75, 3.05) is 11.5 Å². The second kappa shape index (κ2) is 4.35. The Bertz CT molecular complexity index is 601. The zero-order valence-corrected chi connectivity index (χ0v) is 10.4. The average molecular weight is 256 g/mol. The van der Waals surface area contributed by atoms with Crippen LogP contribution in [0.25, 0.3) is 0 Å². The maximum Gasteiger partial charge on any atom is 0.258 e. The van der Waals surface area contributed by atoms with Gasteiger partial charge in [-0.25, -0.2) is 9.89 Å². The van der Waals surface area contributed by atoms with Gasteiger partial charge in [0.1, 0.15) is 6.61 Å². The molecule has 5 nitrogen and oxygen atoms in total. The number of nitrogens with zero attached hydrogens (tertiary/aromatic N) is 2. The van der Waals surface area contributed by atoms with Crippen molar-refractivity contribution in [3.63, 3.8) is 0 Å². The van der Waals surface area contributed by atoms with E-state index < -0.39 is 0 Å². The van der Waals surface area contributed by atoms with Crippen LogP contribution in [0.5, 0.6) is 0 Å². The van der Waals surface area contributed by atoms with Crippen LogP contribution in [-0.4, -0.2) is 30.4 Å². The third-order valence-electron chi connectivity index (χ3n) is 2.98. The molecule has 0 fully saturated rings. The molecule has 96 valence electrons. The largest absolute Gasteiger partial charge is 0.475 e. The molecule has 0 radical (unpaired) electrons. The van der Waals surface area contributed by atoms with Gasteiger partial charge in [-0.05, 0) is 19.1 Å². The summed E-state index contributed by atoms with van der Waals surface area (Å²) in [7, 11) is 0. The minimum atomic E-state index is -0.343. The number of imide groups is 1. The highest BCUT2D eigenvalue weighted by atomic mass is 16.5. The molecular weight excluding hydrogens is 244 g/mol. The van der Waals surface area contributed by atoms with Crippen LogP contribution >= 0.6 is 0 Å². The maximum absolute atomic E-state index is 11.8. The molecule has 2 aliphatic heterocycles. The molecule has 1 atom stereocenters. The van der Waals surface area contributed by atoms with E-state index in [0.717, 1.165) is 4.90 Å². The summed E-state index contributed by atoms with van der Waals surface area (Å²) in [5, 5.41) is 0. The first-order valence-electron chi connectivity index (χ1n) is 6.03. The number of rotatable bonds is 2. The highest BCUT2D eigenvalue weighted by molar-refractivity contribution is 6.29. The Labute approximate surface area is 110 Å². The molecule has 0 N–H and O–H groups in total. The second-order valence-corrected chi connectivity index (χ2v) is 4.46. The van der Waals surface area contributed by atoms with Crippen LogP contribution in [0, 0.1) is 0 Å². The minimum absolute atomic E-state index is 0.0890. The first kappa shape index (κ1) is 11.6. The number of amides is 2. The summed E-state index contributed by atoms with van der Waals surface area (Å²) < 4.78 is 5.50. The third-order valence-corrected chi connectivity index (χ3v) is 2.98. The van der Waals surface area contributed by atoms with E-state index in [4.69, 9.17) is 4.74 Å². The van der Waals surface area contributed by atoms with Gasteiger partial charge in [-0.15, -0.1) is 0 Å². The topological polar surface area (TPSA) is 59.0 Å². The lowest BCUT2D eigenvalue weighted by Crippen LogP contribution is -2.31. The summed E-state index contributed by atoms with van der Waals surface area (Å²) in [6.45, 7) is 2.47. The standard InChI is InChI=1S/C14H12N2O3/c1-9-8-19-14(15-9)10-4-2-3-5-11(10)16-12(17)6-7-13(16)18/h2-7,9H,8H2,1H3/t9-/m0/s1. The molecule has 0 spiro atoms. The Hall–Kier alpha value is -2.43. The zero-order chi connectivity index (χ0) is 13.4. The summed E-state index contributed by atoms with van der Waals surface area (Å²) in [6.07, 6.45) is 2.53. The van der Waals surface area contributed by atoms with E-state index in [1.807, 2.05) is 13.0 Å². The fraction of sp³-hybridized carbons (Fsp3) is 0.214. The number of hydrogen-bond donors (Lipinski definition) is 0. The van der Waals surface area contributed by atoms with Crippen molar-refractivity contribution in [1.82, 2.24) is 0 Å². The predicted octanol–water partition coefficient (Wildman–Crippen LogP) is 1.28. The molecule has 0 saturated heterocycles. The smallest absolute Gasteiger partial charge is 0.258 e.